The van der Waals surface area contributed by atoms with Crippen molar-refractivity contribution in [3.63, 3.8) is 0 Å². The highest BCUT2D eigenvalue weighted by Crippen LogP contribution is 2.31. The summed E-state index contributed by atoms with van der Waals surface area (Å²) in [6.45, 7) is 4.79. The van der Waals surface area contributed by atoms with Gasteiger partial charge >= 0.3 is 11.8 Å². The van der Waals surface area contributed by atoms with E-state index < -0.39 is 11.8 Å². The number of amides is 2. The number of thiazole rings is 1. The number of aromatic nitrogens is 1. The monoisotopic (exact) mass is 429 g/mol. The van der Waals surface area contributed by atoms with Gasteiger partial charge in [-0.1, -0.05) is 36.4 Å². The van der Waals surface area contributed by atoms with Crippen molar-refractivity contribution >= 4 is 39.1 Å². The number of carbonyl (C=O) groups is 2. The second-order valence-electron chi connectivity index (χ2n) is 7.33. The van der Waals surface area contributed by atoms with E-state index >= 15 is 0 Å². The van der Waals surface area contributed by atoms with Gasteiger partial charge in [0.25, 0.3) is 0 Å². The van der Waals surface area contributed by atoms with Crippen LogP contribution in [-0.2, 0) is 16.1 Å². The molecule has 5 nitrogen and oxygen atoms in total. The van der Waals surface area contributed by atoms with Gasteiger partial charge in [-0.3, -0.25) is 9.59 Å². The molecular weight excluding hydrogens is 406 g/mol. The fraction of sp³-hybridized carbons (Fsp3) is 0.160. The Balaban J connectivity index is 1.43. The fourth-order valence-electron chi connectivity index (χ4n) is 3.31. The summed E-state index contributed by atoms with van der Waals surface area (Å²) < 4.78 is 1.15. The summed E-state index contributed by atoms with van der Waals surface area (Å²) in [7, 11) is 0. The number of rotatable bonds is 5. The number of aryl methyl sites for hydroxylation is 1. The largest absolute Gasteiger partial charge is 0.330 e. The molecule has 0 bridgehead atoms. The zero-order chi connectivity index (χ0) is 21.8. The molecule has 31 heavy (non-hydrogen) atoms. The summed E-state index contributed by atoms with van der Waals surface area (Å²) in [5.74, 6) is -1.18. The van der Waals surface area contributed by atoms with Crippen LogP contribution in [-0.4, -0.2) is 28.2 Å². The Morgan fingerprint density at radius 3 is 2.45 bits per heavy atom. The number of hydrogen-bond acceptors (Lipinski definition) is 4. The van der Waals surface area contributed by atoms with Crippen molar-refractivity contribution in [3.05, 3.63) is 83.9 Å². The third-order valence-corrected chi connectivity index (χ3v) is 6.08. The second kappa shape index (κ2) is 9.10. The van der Waals surface area contributed by atoms with E-state index in [9.17, 15) is 9.59 Å². The van der Waals surface area contributed by atoms with Crippen molar-refractivity contribution in [1.29, 1.82) is 0 Å². The number of hydrogen-bond donors (Lipinski definition) is 1. The maximum Gasteiger partial charge on any atom is 0.313 e. The number of carbonyl (C=O) groups excluding carboxylic acids is 2. The molecule has 1 heterocycles. The Kier molecular flexibility index (Phi) is 6.09. The van der Waals surface area contributed by atoms with Crippen LogP contribution in [0.15, 0.2) is 72.8 Å². The average molecular weight is 430 g/mol. The van der Waals surface area contributed by atoms with Crippen molar-refractivity contribution in [2.24, 2.45) is 0 Å². The van der Waals surface area contributed by atoms with E-state index in [1.807, 2.05) is 55.5 Å². The highest BCUT2D eigenvalue weighted by Gasteiger charge is 2.21. The highest BCUT2D eigenvalue weighted by molar-refractivity contribution is 7.21. The number of benzene rings is 3. The maximum absolute atomic E-state index is 12.6. The van der Waals surface area contributed by atoms with Crippen LogP contribution in [0.2, 0.25) is 0 Å². The Hall–Kier alpha value is -3.51. The molecule has 6 heteroatoms. The Bertz CT molecular complexity index is 1220. The molecule has 156 valence electrons. The van der Waals surface area contributed by atoms with Crippen molar-refractivity contribution in [2.75, 3.05) is 11.9 Å². The highest BCUT2D eigenvalue weighted by atomic mass is 32.1. The molecule has 0 aliphatic rings. The molecule has 0 aliphatic carbocycles. The minimum atomic E-state index is -0.638. The Morgan fingerprint density at radius 2 is 1.74 bits per heavy atom. The van der Waals surface area contributed by atoms with Crippen molar-refractivity contribution in [1.82, 2.24) is 9.88 Å². The normalized spacial score (nSPS) is 10.8. The van der Waals surface area contributed by atoms with Gasteiger partial charge in [-0.25, -0.2) is 4.98 Å². The summed E-state index contributed by atoms with van der Waals surface area (Å²) in [6.07, 6.45) is 0. The number of nitrogens with one attached hydrogen (secondary N) is 1. The van der Waals surface area contributed by atoms with Gasteiger partial charge in [-0.05, 0) is 61.4 Å². The predicted molar refractivity (Wildman–Crippen MR) is 126 cm³/mol. The van der Waals surface area contributed by atoms with Crippen LogP contribution in [0.4, 0.5) is 5.69 Å². The summed E-state index contributed by atoms with van der Waals surface area (Å²) in [4.78, 5) is 31.3. The lowest BCUT2D eigenvalue weighted by atomic mass is 10.2. The standard InChI is InChI=1S/C25H23N3O2S/c1-3-28(16-18-7-5-4-6-8-18)25(30)23(29)26-20-12-10-19(11-13-20)24-27-21-14-9-17(2)15-22(21)31-24/h4-15H,3,16H2,1-2H3,(H,26,29). The first-order valence-electron chi connectivity index (χ1n) is 10.2. The van der Waals surface area contributed by atoms with Gasteiger partial charge in [-0.2, -0.15) is 0 Å². The molecule has 4 aromatic rings. The summed E-state index contributed by atoms with van der Waals surface area (Å²) >= 11 is 1.64. The molecular formula is C25H23N3O2S. The molecule has 1 N–H and O–H groups in total. The smallest absolute Gasteiger partial charge is 0.313 e. The molecule has 0 aliphatic heterocycles. The lowest BCUT2D eigenvalue weighted by Crippen LogP contribution is -2.39. The van der Waals surface area contributed by atoms with Crippen LogP contribution in [0.5, 0.6) is 0 Å². The van der Waals surface area contributed by atoms with Crippen LogP contribution in [0, 0.1) is 6.92 Å². The van der Waals surface area contributed by atoms with Crippen LogP contribution < -0.4 is 5.32 Å². The van der Waals surface area contributed by atoms with Gasteiger partial charge in [-0.15, -0.1) is 11.3 Å². The summed E-state index contributed by atoms with van der Waals surface area (Å²) in [5.41, 5.74) is 4.73. The maximum atomic E-state index is 12.6. The van der Waals surface area contributed by atoms with Gasteiger partial charge in [0.1, 0.15) is 5.01 Å². The molecule has 4 rings (SSSR count). The van der Waals surface area contributed by atoms with E-state index in [-0.39, 0.29) is 0 Å². The van der Waals surface area contributed by atoms with E-state index in [0.717, 1.165) is 26.4 Å². The van der Waals surface area contributed by atoms with E-state index in [1.54, 1.807) is 23.5 Å². The molecule has 1 aromatic heterocycles. The first-order valence-corrected chi connectivity index (χ1v) is 11.0. The molecule has 0 radical (unpaired) electrons. The molecule has 0 unspecified atom stereocenters. The average Bonchev–Trinajstić information content (AvgIpc) is 3.21. The fourth-order valence-corrected chi connectivity index (χ4v) is 4.38. The number of likely N-dealkylation sites (N-methyl/N-ethyl adjacent to an activating group) is 1. The minimum absolute atomic E-state index is 0.402. The predicted octanol–water partition coefficient (Wildman–Crippen LogP) is 5.26. The molecule has 3 aromatic carbocycles. The van der Waals surface area contributed by atoms with Gasteiger partial charge in [0.15, 0.2) is 0 Å². The zero-order valence-electron chi connectivity index (χ0n) is 17.5. The number of anilines is 1. The zero-order valence-corrected chi connectivity index (χ0v) is 18.3. The Labute approximate surface area is 185 Å². The SMILES string of the molecule is CCN(Cc1ccccc1)C(=O)C(=O)Nc1ccc(-c2nc3ccc(C)cc3s2)cc1. The topological polar surface area (TPSA) is 62.3 Å². The second-order valence-corrected chi connectivity index (χ2v) is 8.36. The number of fused-ring (bicyclic) bond motifs is 1. The Morgan fingerprint density at radius 1 is 1.00 bits per heavy atom. The lowest BCUT2D eigenvalue weighted by Gasteiger charge is -2.20. The van der Waals surface area contributed by atoms with Crippen LogP contribution in [0.3, 0.4) is 0 Å². The van der Waals surface area contributed by atoms with Crippen LogP contribution in [0.1, 0.15) is 18.1 Å². The van der Waals surface area contributed by atoms with Gasteiger partial charge < -0.3 is 10.2 Å². The van der Waals surface area contributed by atoms with Crippen LogP contribution >= 0.6 is 11.3 Å². The summed E-state index contributed by atoms with van der Waals surface area (Å²) in [6, 6.07) is 23.3. The molecule has 2 amide bonds. The first-order chi connectivity index (χ1) is 15.0. The van der Waals surface area contributed by atoms with Crippen molar-refractivity contribution in [3.8, 4) is 10.6 Å². The van der Waals surface area contributed by atoms with Crippen molar-refractivity contribution < 1.29 is 9.59 Å². The van der Waals surface area contributed by atoms with E-state index in [1.165, 1.54) is 10.5 Å². The summed E-state index contributed by atoms with van der Waals surface area (Å²) in [5, 5.41) is 3.63. The molecule has 0 saturated heterocycles. The van der Waals surface area contributed by atoms with Gasteiger partial charge in [0.05, 0.1) is 10.2 Å². The molecule has 0 fully saturated rings. The van der Waals surface area contributed by atoms with E-state index in [4.69, 9.17) is 0 Å². The van der Waals surface area contributed by atoms with Gasteiger partial charge in [0.2, 0.25) is 0 Å². The molecule has 0 spiro atoms. The third-order valence-electron chi connectivity index (χ3n) is 5.01. The van der Waals surface area contributed by atoms with Gasteiger partial charge in [0, 0.05) is 24.3 Å². The third kappa shape index (κ3) is 4.81. The first kappa shape index (κ1) is 20.8. The van der Waals surface area contributed by atoms with E-state index in [2.05, 4.69) is 29.4 Å². The minimum Gasteiger partial charge on any atom is -0.330 e. The van der Waals surface area contributed by atoms with E-state index in [0.29, 0.717) is 18.8 Å². The van der Waals surface area contributed by atoms with Crippen LogP contribution in [0.25, 0.3) is 20.8 Å². The molecule has 0 saturated carbocycles. The lowest BCUT2D eigenvalue weighted by molar-refractivity contribution is -0.143. The number of nitrogens with zero attached hydrogens (tertiary/aromatic N) is 2. The molecule has 0 atom stereocenters. The van der Waals surface area contributed by atoms with Crippen molar-refractivity contribution in [2.45, 2.75) is 20.4 Å². The quantitative estimate of drug-likeness (QED) is 0.440.